The summed E-state index contributed by atoms with van der Waals surface area (Å²) in [4.78, 5) is 0. The average molecular weight is 425 g/mol. The van der Waals surface area contributed by atoms with Crippen LogP contribution in [0.25, 0.3) is 0 Å². The monoisotopic (exact) mass is 424 g/mol. The summed E-state index contributed by atoms with van der Waals surface area (Å²) in [5.41, 5.74) is 7.58. The van der Waals surface area contributed by atoms with Crippen molar-refractivity contribution in [3.63, 3.8) is 0 Å². The predicted octanol–water partition coefficient (Wildman–Crippen LogP) is 7.85. The molecule has 0 heteroatoms. The lowest BCUT2D eigenvalue weighted by molar-refractivity contribution is 0.727. The topological polar surface area (TPSA) is 0 Å². The maximum atomic E-state index is 2.33. The molecule has 0 aromatic heterocycles. The summed E-state index contributed by atoms with van der Waals surface area (Å²) >= 11 is 0. The highest BCUT2D eigenvalue weighted by atomic mass is 14.4. The molecule has 0 spiro atoms. The molecule has 33 heavy (non-hydrogen) atoms. The minimum atomic E-state index is -0.392. The van der Waals surface area contributed by atoms with Crippen LogP contribution in [-0.2, 0) is 18.3 Å². The van der Waals surface area contributed by atoms with Crippen LogP contribution in [0, 0.1) is 0 Å². The van der Waals surface area contributed by atoms with E-state index in [1.807, 2.05) is 0 Å². The second kappa shape index (κ2) is 9.71. The molecule has 0 heterocycles. The quantitative estimate of drug-likeness (QED) is 0.233. The van der Waals surface area contributed by atoms with E-state index in [4.69, 9.17) is 0 Å². The van der Waals surface area contributed by atoms with Crippen LogP contribution < -0.4 is 0 Å². The first-order chi connectivity index (χ1) is 16.4. The normalized spacial score (nSPS) is 11.3. The van der Waals surface area contributed by atoms with Crippen molar-refractivity contribution in [3.05, 3.63) is 179 Å². The summed E-state index contributed by atoms with van der Waals surface area (Å²) < 4.78 is 0. The van der Waals surface area contributed by atoms with Gasteiger partial charge in [-0.25, -0.2) is 0 Å². The third-order valence-corrected chi connectivity index (χ3v) is 6.57. The van der Waals surface area contributed by atoms with Gasteiger partial charge in [0.2, 0.25) is 0 Å². The summed E-state index contributed by atoms with van der Waals surface area (Å²) in [5.74, 6) is 0. The van der Waals surface area contributed by atoms with Crippen molar-refractivity contribution < 1.29 is 0 Å². The zero-order chi connectivity index (χ0) is 22.3. The van der Waals surface area contributed by atoms with Gasteiger partial charge in [-0.3, -0.25) is 0 Å². The highest BCUT2D eigenvalue weighted by Gasteiger charge is 2.39. The lowest BCUT2D eigenvalue weighted by atomic mass is 9.63. The van der Waals surface area contributed by atoms with E-state index in [-0.39, 0.29) is 0 Å². The maximum Gasteiger partial charge on any atom is 0.0704 e. The van der Waals surface area contributed by atoms with Gasteiger partial charge in [0, 0.05) is 0 Å². The zero-order valence-corrected chi connectivity index (χ0v) is 18.8. The summed E-state index contributed by atoms with van der Waals surface area (Å²) in [5, 5.41) is 0. The van der Waals surface area contributed by atoms with Gasteiger partial charge in [-0.15, -0.1) is 0 Å². The summed E-state index contributed by atoms with van der Waals surface area (Å²) in [7, 11) is 0. The number of hydrogen-bond donors (Lipinski definition) is 0. The van der Waals surface area contributed by atoms with Gasteiger partial charge in [-0.2, -0.15) is 0 Å². The third kappa shape index (κ3) is 4.13. The molecule has 5 aromatic carbocycles. The van der Waals surface area contributed by atoms with Crippen molar-refractivity contribution in [1.82, 2.24) is 0 Å². The standard InChI is InChI=1S/C33H28/c1-5-15-27(16-6-1)25-26-28-17-13-14-24-32(28)33(29-18-7-2-8-19-29,30-20-9-3-10-21-30)31-22-11-4-12-23-31/h1-24H,25-26H2. The van der Waals surface area contributed by atoms with Crippen molar-refractivity contribution in [2.24, 2.45) is 0 Å². The molecular weight excluding hydrogens is 396 g/mol. The lowest BCUT2D eigenvalue weighted by Crippen LogP contribution is -2.32. The Kier molecular flexibility index (Phi) is 6.17. The van der Waals surface area contributed by atoms with E-state index >= 15 is 0 Å². The van der Waals surface area contributed by atoms with E-state index in [0.717, 1.165) is 12.8 Å². The van der Waals surface area contributed by atoms with Gasteiger partial charge in [0.15, 0.2) is 0 Å². The predicted molar refractivity (Wildman–Crippen MR) is 139 cm³/mol. The Morgan fingerprint density at radius 2 is 0.758 bits per heavy atom. The highest BCUT2D eigenvalue weighted by molar-refractivity contribution is 5.61. The summed E-state index contributed by atoms with van der Waals surface area (Å²) in [6.45, 7) is 0. The first-order valence-electron chi connectivity index (χ1n) is 11.7. The van der Waals surface area contributed by atoms with Gasteiger partial charge >= 0.3 is 0 Å². The maximum absolute atomic E-state index is 2.33. The minimum absolute atomic E-state index is 0.392. The Morgan fingerprint density at radius 3 is 1.24 bits per heavy atom. The van der Waals surface area contributed by atoms with Crippen LogP contribution in [0.2, 0.25) is 0 Å². The van der Waals surface area contributed by atoms with E-state index in [9.17, 15) is 0 Å². The van der Waals surface area contributed by atoms with Crippen LogP contribution in [-0.4, -0.2) is 0 Å². The number of rotatable bonds is 7. The Labute approximate surface area is 197 Å². The van der Waals surface area contributed by atoms with E-state index in [1.165, 1.54) is 33.4 Å². The molecular formula is C33H28. The molecule has 0 N–H and O–H groups in total. The lowest BCUT2D eigenvalue weighted by Gasteiger charge is -2.38. The molecule has 0 aliphatic heterocycles. The van der Waals surface area contributed by atoms with Crippen LogP contribution in [0.3, 0.4) is 0 Å². The number of hydrogen-bond acceptors (Lipinski definition) is 0. The Morgan fingerprint density at radius 1 is 0.364 bits per heavy atom. The smallest absolute Gasteiger partial charge is 0.0622 e. The Hall–Kier alpha value is -3.90. The fourth-order valence-electron chi connectivity index (χ4n) is 5.06. The molecule has 0 aliphatic rings. The molecule has 0 saturated heterocycles. The van der Waals surface area contributed by atoms with E-state index in [0.29, 0.717) is 0 Å². The molecule has 0 unspecified atom stereocenters. The van der Waals surface area contributed by atoms with Crippen LogP contribution in [0.1, 0.15) is 33.4 Å². The van der Waals surface area contributed by atoms with Crippen molar-refractivity contribution in [3.8, 4) is 0 Å². The van der Waals surface area contributed by atoms with Gasteiger partial charge in [0.05, 0.1) is 5.41 Å². The van der Waals surface area contributed by atoms with Gasteiger partial charge in [-0.05, 0) is 46.2 Å². The molecule has 0 bridgehead atoms. The van der Waals surface area contributed by atoms with Crippen LogP contribution >= 0.6 is 0 Å². The van der Waals surface area contributed by atoms with Crippen LogP contribution in [0.5, 0.6) is 0 Å². The SMILES string of the molecule is c1ccc(CCc2ccccc2C(c2ccccc2)(c2ccccc2)c2ccccc2)cc1. The van der Waals surface area contributed by atoms with E-state index in [1.54, 1.807) is 0 Å². The molecule has 0 aliphatic carbocycles. The van der Waals surface area contributed by atoms with Crippen LogP contribution in [0.15, 0.2) is 146 Å². The van der Waals surface area contributed by atoms with Gasteiger partial charge in [-0.1, -0.05) is 146 Å². The Balaban J connectivity index is 1.76. The highest BCUT2D eigenvalue weighted by Crippen LogP contribution is 2.46. The summed E-state index contributed by atoms with van der Waals surface area (Å²) in [6.07, 6.45) is 2.01. The second-order valence-electron chi connectivity index (χ2n) is 8.49. The summed E-state index contributed by atoms with van der Waals surface area (Å²) in [6, 6.07) is 52.7. The van der Waals surface area contributed by atoms with Gasteiger partial charge in [0.1, 0.15) is 0 Å². The van der Waals surface area contributed by atoms with Crippen LogP contribution in [0.4, 0.5) is 0 Å². The second-order valence-corrected chi connectivity index (χ2v) is 8.49. The largest absolute Gasteiger partial charge is 0.0704 e. The first kappa shape index (κ1) is 21.0. The van der Waals surface area contributed by atoms with Crippen molar-refractivity contribution >= 4 is 0 Å². The molecule has 0 atom stereocenters. The van der Waals surface area contributed by atoms with Crippen molar-refractivity contribution in [2.45, 2.75) is 18.3 Å². The molecule has 0 nitrogen and oxygen atoms in total. The average Bonchev–Trinajstić information content (AvgIpc) is 2.91. The van der Waals surface area contributed by atoms with Crippen molar-refractivity contribution in [1.29, 1.82) is 0 Å². The number of benzene rings is 5. The van der Waals surface area contributed by atoms with Crippen molar-refractivity contribution in [2.75, 3.05) is 0 Å². The molecule has 0 amide bonds. The molecule has 5 aromatic rings. The molecule has 0 fully saturated rings. The van der Waals surface area contributed by atoms with Gasteiger partial charge < -0.3 is 0 Å². The Bertz CT molecular complexity index is 1180. The van der Waals surface area contributed by atoms with E-state index < -0.39 is 5.41 Å². The number of aryl methyl sites for hydroxylation is 2. The molecule has 5 rings (SSSR count). The third-order valence-electron chi connectivity index (χ3n) is 6.57. The fourth-order valence-corrected chi connectivity index (χ4v) is 5.06. The fraction of sp³-hybridized carbons (Fsp3) is 0.0909. The molecule has 0 saturated carbocycles. The van der Waals surface area contributed by atoms with Gasteiger partial charge in [0.25, 0.3) is 0 Å². The molecule has 160 valence electrons. The first-order valence-corrected chi connectivity index (χ1v) is 11.7. The van der Waals surface area contributed by atoms with E-state index in [2.05, 4.69) is 146 Å². The molecule has 0 radical (unpaired) electrons. The zero-order valence-electron chi connectivity index (χ0n) is 18.8. The minimum Gasteiger partial charge on any atom is -0.0622 e.